The molecule has 1 aromatic carbocycles. The zero-order valence-corrected chi connectivity index (χ0v) is 13.2. The number of carbonyl (C=O) groups excluding carboxylic acids is 1. The molecule has 0 aliphatic carbocycles. The maximum Gasteiger partial charge on any atom is 0.273 e. The van der Waals surface area contributed by atoms with E-state index in [0.29, 0.717) is 11.5 Å². The summed E-state index contributed by atoms with van der Waals surface area (Å²) in [7, 11) is 1.59. The number of methoxy groups -OCH3 is 1. The Hall–Kier alpha value is -2.34. The molecule has 1 saturated heterocycles. The van der Waals surface area contributed by atoms with Crippen molar-refractivity contribution < 1.29 is 18.8 Å². The van der Waals surface area contributed by atoms with Gasteiger partial charge in [0.15, 0.2) is 11.5 Å². The van der Waals surface area contributed by atoms with Crippen molar-refractivity contribution in [2.75, 3.05) is 13.7 Å². The van der Waals surface area contributed by atoms with Crippen LogP contribution in [0.3, 0.4) is 0 Å². The minimum atomic E-state index is -0.266. The van der Waals surface area contributed by atoms with Crippen LogP contribution in [-0.2, 0) is 4.74 Å². The second-order valence-electron chi connectivity index (χ2n) is 5.59. The van der Waals surface area contributed by atoms with Crippen molar-refractivity contribution in [3.63, 3.8) is 0 Å². The highest BCUT2D eigenvalue weighted by atomic mass is 16.5. The number of nitrogens with zero attached hydrogens (tertiary/aromatic N) is 1. The van der Waals surface area contributed by atoms with E-state index in [1.54, 1.807) is 13.2 Å². The SMILES string of the molecule is COc1ccccc1-c1cc(C(=O)N[C@@H](C)[C@@H]2CCCO2)no1. The lowest BCUT2D eigenvalue weighted by molar-refractivity contribution is 0.0707. The van der Waals surface area contributed by atoms with E-state index in [1.807, 2.05) is 31.2 Å². The Morgan fingerprint density at radius 3 is 3.00 bits per heavy atom. The van der Waals surface area contributed by atoms with Gasteiger partial charge >= 0.3 is 0 Å². The summed E-state index contributed by atoms with van der Waals surface area (Å²) in [6, 6.07) is 8.99. The van der Waals surface area contributed by atoms with Crippen molar-refractivity contribution in [1.82, 2.24) is 10.5 Å². The number of amides is 1. The van der Waals surface area contributed by atoms with Crippen molar-refractivity contribution in [1.29, 1.82) is 0 Å². The number of carbonyl (C=O) groups is 1. The van der Waals surface area contributed by atoms with Crippen LogP contribution >= 0.6 is 0 Å². The molecule has 1 aliphatic heterocycles. The smallest absolute Gasteiger partial charge is 0.273 e. The molecule has 3 rings (SSSR count). The fourth-order valence-corrected chi connectivity index (χ4v) is 2.73. The van der Waals surface area contributed by atoms with E-state index >= 15 is 0 Å². The van der Waals surface area contributed by atoms with Gasteiger partial charge in [0.25, 0.3) is 5.91 Å². The van der Waals surface area contributed by atoms with E-state index in [4.69, 9.17) is 14.0 Å². The number of hydrogen-bond acceptors (Lipinski definition) is 5. The zero-order chi connectivity index (χ0) is 16.2. The van der Waals surface area contributed by atoms with Gasteiger partial charge in [-0.3, -0.25) is 4.79 Å². The number of para-hydroxylation sites is 1. The highest BCUT2D eigenvalue weighted by molar-refractivity contribution is 5.93. The molecule has 0 bridgehead atoms. The molecule has 0 saturated carbocycles. The van der Waals surface area contributed by atoms with Crippen LogP contribution in [0.4, 0.5) is 0 Å². The monoisotopic (exact) mass is 316 g/mol. The Morgan fingerprint density at radius 1 is 1.43 bits per heavy atom. The molecule has 0 unspecified atom stereocenters. The zero-order valence-electron chi connectivity index (χ0n) is 13.2. The lowest BCUT2D eigenvalue weighted by Crippen LogP contribution is -2.40. The van der Waals surface area contributed by atoms with Crippen molar-refractivity contribution in [3.05, 3.63) is 36.0 Å². The maximum atomic E-state index is 12.3. The van der Waals surface area contributed by atoms with Gasteiger partial charge in [0, 0.05) is 12.7 Å². The van der Waals surface area contributed by atoms with Crippen molar-refractivity contribution in [3.8, 4) is 17.1 Å². The first-order valence-corrected chi connectivity index (χ1v) is 7.71. The summed E-state index contributed by atoms with van der Waals surface area (Å²) in [6.45, 7) is 2.70. The van der Waals surface area contributed by atoms with Crippen LogP contribution in [-0.4, -0.2) is 36.9 Å². The minimum Gasteiger partial charge on any atom is -0.496 e. The first-order valence-electron chi connectivity index (χ1n) is 7.71. The number of hydrogen-bond donors (Lipinski definition) is 1. The molecule has 0 spiro atoms. The minimum absolute atomic E-state index is 0.0589. The summed E-state index contributed by atoms with van der Waals surface area (Å²) in [5.41, 5.74) is 1.00. The van der Waals surface area contributed by atoms with Gasteiger partial charge in [-0.25, -0.2) is 0 Å². The van der Waals surface area contributed by atoms with E-state index in [2.05, 4.69) is 10.5 Å². The number of aromatic nitrogens is 1. The number of ether oxygens (including phenoxy) is 2. The van der Waals surface area contributed by atoms with Gasteiger partial charge in [-0.05, 0) is 31.9 Å². The molecule has 1 aromatic heterocycles. The summed E-state index contributed by atoms with van der Waals surface area (Å²) in [5, 5.41) is 6.78. The Bertz CT molecular complexity index is 677. The standard InChI is InChI=1S/C17H20N2O4/c1-11(14-8-5-9-22-14)18-17(20)13-10-16(23-19-13)12-6-3-4-7-15(12)21-2/h3-4,6-7,10-11,14H,5,8-9H2,1-2H3,(H,18,20)/t11-,14-/m0/s1. The highest BCUT2D eigenvalue weighted by Gasteiger charge is 2.25. The quantitative estimate of drug-likeness (QED) is 0.918. The van der Waals surface area contributed by atoms with Gasteiger partial charge in [-0.15, -0.1) is 0 Å². The second kappa shape index (κ2) is 6.83. The molecular weight excluding hydrogens is 296 g/mol. The number of nitrogens with one attached hydrogen (secondary N) is 1. The average Bonchev–Trinajstić information content (AvgIpc) is 3.26. The fraction of sp³-hybridized carbons (Fsp3) is 0.412. The Labute approximate surface area is 134 Å². The molecule has 1 aliphatic rings. The molecule has 1 fully saturated rings. The van der Waals surface area contributed by atoms with Crippen molar-refractivity contribution in [2.45, 2.75) is 31.9 Å². The highest BCUT2D eigenvalue weighted by Crippen LogP contribution is 2.29. The van der Waals surface area contributed by atoms with Gasteiger partial charge in [-0.2, -0.15) is 0 Å². The molecule has 6 heteroatoms. The van der Waals surface area contributed by atoms with Crippen molar-refractivity contribution >= 4 is 5.91 Å². The van der Waals surface area contributed by atoms with Crippen LogP contribution in [0, 0.1) is 0 Å². The van der Waals surface area contributed by atoms with Crippen LogP contribution in [0.15, 0.2) is 34.9 Å². The lowest BCUT2D eigenvalue weighted by atomic mass is 10.1. The third-order valence-electron chi connectivity index (χ3n) is 4.00. The van der Waals surface area contributed by atoms with Gasteiger partial charge in [0.05, 0.1) is 24.8 Å². The Balaban J connectivity index is 1.72. The first-order chi connectivity index (χ1) is 11.2. The largest absolute Gasteiger partial charge is 0.496 e. The topological polar surface area (TPSA) is 73.6 Å². The van der Waals surface area contributed by atoms with E-state index in [9.17, 15) is 4.79 Å². The Kier molecular flexibility index (Phi) is 4.62. The summed E-state index contributed by atoms with van der Waals surface area (Å²) >= 11 is 0. The van der Waals surface area contributed by atoms with Gasteiger partial charge < -0.3 is 19.3 Å². The van der Waals surface area contributed by atoms with Crippen LogP contribution < -0.4 is 10.1 Å². The fourth-order valence-electron chi connectivity index (χ4n) is 2.73. The molecule has 2 heterocycles. The maximum absolute atomic E-state index is 12.3. The van der Waals surface area contributed by atoms with Crippen LogP contribution in [0.1, 0.15) is 30.3 Å². The predicted octanol–water partition coefficient (Wildman–Crippen LogP) is 2.65. The van der Waals surface area contributed by atoms with Crippen LogP contribution in [0.2, 0.25) is 0 Å². The molecule has 2 aromatic rings. The van der Waals surface area contributed by atoms with E-state index in [1.165, 1.54) is 0 Å². The van der Waals surface area contributed by atoms with E-state index in [-0.39, 0.29) is 23.7 Å². The van der Waals surface area contributed by atoms with Gasteiger partial charge in [0.2, 0.25) is 0 Å². The molecule has 6 nitrogen and oxygen atoms in total. The summed E-state index contributed by atoms with van der Waals surface area (Å²) < 4.78 is 16.2. The molecular formula is C17H20N2O4. The summed E-state index contributed by atoms with van der Waals surface area (Å²) in [5.74, 6) is 0.901. The second-order valence-corrected chi connectivity index (χ2v) is 5.59. The van der Waals surface area contributed by atoms with E-state index < -0.39 is 0 Å². The van der Waals surface area contributed by atoms with Gasteiger partial charge in [0.1, 0.15) is 5.75 Å². The molecule has 2 atom stereocenters. The third kappa shape index (κ3) is 3.37. The summed E-state index contributed by atoms with van der Waals surface area (Å²) in [6.07, 6.45) is 2.07. The first kappa shape index (κ1) is 15.6. The third-order valence-corrected chi connectivity index (χ3v) is 4.00. The molecule has 23 heavy (non-hydrogen) atoms. The van der Waals surface area contributed by atoms with E-state index in [0.717, 1.165) is 25.0 Å². The predicted molar refractivity (Wildman–Crippen MR) is 84.4 cm³/mol. The molecule has 0 radical (unpaired) electrons. The van der Waals surface area contributed by atoms with Gasteiger partial charge in [-0.1, -0.05) is 17.3 Å². The van der Waals surface area contributed by atoms with Crippen LogP contribution in [0.5, 0.6) is 5.75 Å². The molecule has 1 amide bonds. The number of rotatable bonds is 5. The van der Waals surface area contributed by atoms with Crippen molar-refractivity contribution in [2.24, 2.45) is 0 Å². The number of benzene rings is 1. The lowest BCUT2D eigenvalue weighted by Gasteiger charge is -2.19. The van der Waals surface area contributed by atoms with Crippen LogP contribution in [0.25, 0.3) is 11.3 Å². The molecule has 1 N–H and O–H groups in total. The Morgan fingerprint density at radius 2 is 2.26 bits per heavy atom. The summed E-state index contributed by atoms with van der Waals surface area (Å²) in [4.78, 5) is 12.3. The molecule has 122 valence electrons. The normalized spacial score (nSPS) is 18.6. The average molecular weight is 316 g/mol.